The lowest BCUT2D eigenvalue weighted by atomic mass is 10.2. The second-order valence-corrected chi connectivity index (χ2v) is 5.34. The molecular weight excluding hydrogens is 208 g/mol. The zero-order chi connectivity index (χ0) is 11.3. The van der Waals surface area contributed by atoms with Gasteiger partial charge in [-0.3, -0.25) is 10.4 Å². The van der Waals surface area contributed by atoms with Crippen LogP contribution >= 0.6 is 11.8 Å². The van der Waals surface area contributed by atoms with E-state index in [1.165, 1.54) is 0 Å². The number of aliphatic imine (C=N–C) groups is 1. The fourth-order valence-electron chi connectivity index (χ4n) is 1.67. The Morgan fingerprint density at radius 1 is 1.60 bits per heavy atom. The predicted molar refractivity (Wildman–Crippen MR) is 68.0 cm³/mol. The van der Waals surface area contributed by atoms with Gasteiger partial charge < -0.3 is 4.90 Å². The van der Waals surface area contributed by atoms with Crippen molar-refractivity contribution >= 4 is 17.7 Å². The normalized spacial score (nSPS) is 28.0. The second kappa shape index (κ2) is 6.23. The van der Waals surface area contributed by atoms with Gasteiger partial charge in [-0.2, -0.15) is 11.8 Å². The lowest BCUT2D eigenvalue weighted by Crippen LogP contribution is -2.54. The number of nitrogens with zero attached hydrogens (tertiary/aromatic N) is 2. The Balaban J connectivity index is 2.65. The van der Waals surface area contributed by atoms with Gasteiger partial charge in [-0.15, -0.1) is 0 Å². The Morgan fingerprint density at radius 2 is 2.33 bits per heavy atom. The summed E-state index contributed by atoms with van der Waals surface area (Å²) in [4.78, 5) is 6.74. The molecule has 0 radical (unpaired) electrons. The van der Waals surface area contributed by atoms with Gasteiger partial charge in [0.15, 0.2) is 0 Å². The minimum Gasteiger partial charge on any atom is -0.337 e. The van der Waals surface area contributed by atoms with Crippen molar-refractivity contribution in [1.82, 2.24) is 10.3 Å². The van der Waals surface area contributed by atoms with E-state index in [1.807, 2.05) is 11.8 Å². The Kier molecular flexibility index (Phi) is 5.25. The van der Waals surface area contributed by atoms with Crippen LogP contribution in [0.15, 0.2) is 4.99 Å². The van der Waals surface area contributed by atoms with E-state index in [-0.39, 0.29) is 0 Å². The standard InChI is InChI=1S/C10H22N4S/c1-4-5-12-10(13-11)14-6-7-15-9(3)8(14)2/h8-9H,4-7,11H2,1-3H3,(H,12,13). The molecule has 1 fully saturated rings. The SMILES string of the molecule is CCCN=C(NN)N1CCSC(C)C1C. The fraction of sp³-hybridized carbons (Fsp3) is 0.900. The molecule has 0 aromatic carbocycles. The first kappa shape index (κ1) is 12.6. The van der Waals surface area contributed by atoms with E-state index in [4.69, 9.17) is 5.84 Å². The molecule has 0 spiro atoms. The molecule has 0 saturated carbocycles. The largest absolute Gasteiger partial charge is 0.337 e. The van der Waals surface area contributed by atoms with E-state index in [9.17, 15) is 0 Å². The van der Waals surface area contributed by atoms with Gasteiger partial charge >= 0.3 is 0 Å². The third-order valence-electron chi connectivity index (χ3n) is 2.77. The highest BCUT2D eigenvalue weighted by Gasteiger charge is 2.27. The van der Waals surface area contributed by atoms with E-state index in [0.717, 1.165) is 31.2 Å². The van der Waals surface area contributed by atoms with E-state index < -0.39 is 0 Å². The molecule has 4 nitrogen and oxygen atoms in total. The van der Waals surface area contributed by atoms with Crippen molar-refractivity contribution in [2.75, 3.05) is 18.8 Å². The maximum absolute atomic E-state index is 5.52. The minimum absolute atomic E-state index is 0.496. The Hall–Kier alpha value is -0.420. The number of hydrogen-bond donors (Lipinski definition) is 2. The van der Waals surface area contributed by atoms with Gasteiger partial charge in [-0.05, 0) is 13.3 Å². The topological polar surface area (TPSA) is 53.6 Å². The molecule has 5 heteroatoms. The Labute approximate surface area is 96.7 Å². The van der Waals surface area contributed by atoms with Crippen LogP contribution in [0, 0.1) is 0 Å². The number of thioether (sulfide) groups is 1. The number of nitrogens with two attached hydrogens (primary N) is 1. The van der Waals surface area contributed by atoms with Crippen LogP contribution < -0.4 is 11.3 Å². The molecule has 0 aromatic heterocycles. The number of hydrazine groups is 1. The molecule has 1 saturated heterocycles. The van der Waals surface area contributed by atoms with Gasteiger partial charge in [0, 0.05) is 30.1 Å². The van der Waals surface area contributed by atoms with Crippen LogP contribution in [0.25, 0.3) is 0 Å². The first-order valence-electron chi connectivity index (χ1n) is 5.60. The van der Waals surface area contributed by atoms with Crippen LogP contribution in [0.3, 0.4) is 0 Å². The van der Waals surface area contributed by atoms with Gasteiger partial charge in [0.2, 0.25) is 5.96 Å². The Morgan fingerprint density at radius 3 is 2.93 bits per heavy atom. The second-order valence-electron chi connectivity index (χ2n) is 3.86. The summed E-state index contributed by atoms with van der Waals surface area (Å²) in [6, 6.07) is 0.496. The summed E-state index contributed by atoms with van der Waals surface area (Å²) in [5, 5.41) is 0.638. The van der Waals surface area contributed by atoms with Crippen molar-refractivity contribution in [1.29, 1.82) is 0 Å². The quantitative estimate of drug-likeness (QED) is 0.322. The lowest BCUT2D eigenvalue weighted by molar-refractivity contribution is 0.322. The summed E-state index contributed by atoms with van der Waals surface area (Å²) in [6.07, 6.45) is 1.05. The molecule has 3 N–H and O–H groups in total. The van der Waals surface area contributed by atoms with Crippen LogP contribution in [0.1, 0.15) is 27.2 Å². The summed E-state index contributed by atoms with van der Waals surface area (Å²) in [7, 11) is 0. The van der Waals surface area contributed by atoms with Crippen molar-refractivity contribution in [3.05, 3.63) is 0 Å². The molecular formula is C10H22N4S. The highest BCUT2D eigenvalue weighted by molar-refractivity contribution is 8.00. The monoisotopic (exact) mass is 230 g/mol. The van der Waals surface area contributed by atoms with Crippen molar-refractivity contribution in [3.63, 3.8) is 0 Å². The van der Waals surface area contributed by atoms with Crippen LogP contribution in [0.5, 0.6) is 0 Å². The maximum Gasteiger partial charge on any atom is 0.208 e. The van der Waals surface area contributed by atoms with Gasteiger partial charge in [0.1, 0.15) is 0 Å². The molecule has 0 aliphatic carbocycles. The summed E-state index contributed by atoms with van der Waals surface area (Å²) in [5.74, 6) is 7.52. The van der Waals surface area contributed by atoms with Crippen LogP contribution in [0.4, 0.5) is 0 Å². The zero-order valence-electron chi connectivity index (χ0n) is 9.86. The van der Waals surface area contributed by atoms with Crippen molar-refractivity contribution in [2.45, 2.75) is 38.5 Å². The summed E-state index contributed by atoms with van der Waals surface area (Å²) >= 11 is 2.02. The lowest BCUT2D eigenvalue weighted by Gasteiger charge is -2.39. The third kappa shape index (κ3) is 3.28. The third-order valence-corrected chi connectivity index (χ3v) is 4.11. The molecule has 0 amide bonds. The van der Waals surface area contributed by atoms with Crippen LogP contribution in [-0.2, 0) is 0 Å². The van der Waals surface area contributed by atoms with Gasteiger partial charge in [0.05, 0.1) is 0 Å². The van der Waals surface area contributed by atoms with Crippen molar-refractivity contribution in [2.24, 2.45) is 10.8 Å². The van der Waals surface area contributed by atoms with Gasteiger partial charge in [-0.25, -0.2) is 5.84 Å². The van der Waals surface area contributed by atoms with E-state index in [2.05, 4.69) is 36.1 Å². The fourth-order valence-corrected chi connectivity index (χ4v) is 2.77. The van der Waals surface area contributed by atoms with Crippen molar-refractivity contribution < 1.29 is 0 Å². The van der Waals surface area contributed by atoms with Gasteiger partial charge in [-0.1, -0.05) is 13.8 Å². The van der Waals surface area contributed by atoms with Crippen molar-refractivity contribution in [3.8, 4) is 0 Å². The molecule has 88 valence electrons. The first-order valence-corrected chi connectivity index (χ1v) is 6.64. The molecule has 2 atom stereocenters. The number of rotatable bonds is 2. The highest BCUT2D eigenvalue weighted by Crippen LogP contribution is 2.23. The summed E-state index contributed by atoms with van der Waals surface area (Å²) in [6.45, 7) is 8.48. The minimum atomic E-state index is 0.496. The van der Waals surface area contributed by atoms with Crippen LogP contribution in [-0.4, -0.2) is 41.0 Å². The number of guanidine groups is 1. The predicted octanol–water partition coefficient (Wildman–Crippen LogP) is 1.04. The molecule has 1 aliphatic heterocycles. The zero-order valence-corrected chi connectivity index (χ0v) is 10.7. The number of hydrogen-bond acceptors (Lipinski definition) is 3. The maximum atomic E-state index is 5.52. The first-order chi connectivity index (χ1) is 7.20. The molecule has 0 aromatic rings. The van der Waals surface area contributed by atoms with E-state index in [1.54, 1.807) is 0 Å². The summed E-state index contributed by atoms with van der Waals surface area (Å²) in [5.41, 5.74) is 2.72. The molecule has 2 unspecified atom stereocenters. The number of nitrogens with one attached hydrogen (secondary N) is 1. The van der Waals surface area contributed by atoms with Gasteiger partial charge in [0.25, 0.3) is 0 Å². The molecule has 1 aliphatic rings. The van der Waals surface area contributed by atoms with E-state index >= 15 is 0 Å². The average molecular weight is 230 g/mol. The van der Waals surface area contributed by atoms with Crippen LogP contribution in [0.2, 0.25) is 0 Å². The smallest absolute Gasteiger partial charge is 0.208 e. The summed E-state index contributed by atoms with van der Waals surface area (Å²) < 4.78 is 0. The molecule has 0 bridgehead atoms. The Bertz CT molecular complexity index is 219. The van der Waals surface area contributed by atoms with E-state index in [0.29, 0.717) is 11.3 Å². The molecule has 15 heavy (non-hydrogen) atoms. The molecule has 1 heterocycles. The highest BCUT2D eigenvalue weighted by atomic mass is 32.2. The average Bonchev–Trinajstić information content (AvgIpc) is 2.25. The molecule has 1 rings (SSSR count).